The van der Waals surface area contributed by atoms with Crippen molar-refractivity contribution in [1.82, 2.24) is 0 Å². The third-order valence-corrected chi connectivity index (χ3v) is 3.11. The fourth-order valence-corrected chi connectivity index (χ4v) is 2.03. The monoisotopic (exact) mass is 368 g/mol. The summed E-state index contributed by atoms with van der Waals surface area (Å²) in [7, 11) is -4.67. The fraction of sp³-hybridized carbons (Fsp3) is 1.00. The predicted molar refractivity (Wildman–Crippen MR) is 85.9 cm³/mol. The summed E-state index contributed by atoms with van der Waals surface area (Å²) in [4.78, 5) is 9.38. The van der Waals surface area contributed by atoms with E-state index in [-0.39, 0.29) is 35.8 Å². The van der Waals surface area contributed by atoms with Gasteiger partial charge in [0.25, 0.3) is 0 Å². The molecule has 1 aliphatic heterocycles. The van der Waals surface area contributed by atoms with Crippen LogP contribution in [0.15, 0.2) is 0 Å². The molecule has 1 fully saturated rings. The van der Waals surface area contributed by atoms with E-state index >= 15 is 0 Å². The second kappa shape index (κ2) is 17.5. The van der Waals surface area contributed by atoms with Crippen molar-refractivity contribution in [3.05, 3.63) is 0 Å². The van der Waals surface area contributed by atoms with Gasteiger partial charge in [0.05, 0.1) is 0 Å². The fourth-order valence-electron chi connectivity index (χ4n) is 2.03. The Morgan fingerprint density at radius 2 is 1.13 bits per heavy atom. The van der Waals surface area contributed by atoms with Crippen molar-refractivity contribution in [2.75, 3.05) is 0 Å². The summed E-state index contributed by atoms with van der Waals surface area (Å²) in [6.07, 6.45) is 13.8. The van der Waals surface area contributed by atoms with Crippen LogP contribution in [0.5, 0.6) is 0 Å². The Labute approximate surface area is 160 Å². The van der Waals surface area contributed by atoms with Crippen LogP contribution in [0.1, 0.15) is 77.6 Å². The van der Waals surface area contributed by atoms with Gasteiger partial charge in [-0.25, -0.2) is 0 Å². The van der Waals surface area contributed by atoms with Crippen LogP contribution < -0.4 is 0 Å². The molecule has 136 valence electrons. The van der Waals surface area contributed by atoms with Gasteiger partial charge in [-0.1, -0.05) is 64.7 Å². The summed E-state index contributed by atoms with van der Waals surface area (Å²) >= 11 is 0. The van der Waals surface area contributed by atoms with Crippen molar-refractivity contribution in [2.45, 2.75) is 83.8 Å². The molecule has 0 atom stereocenters. The first kappa shape index (κ1) is 25.9. The van der Waals surface area contributed by atoms with Gasteiger partial charge in [0.15, 0.2) is 0 Å². The minimum atomic E-state index is -4.67. The van der Waals surface area contributed by atoms with Gasteiger partial charge in [-0.05, 0) is 16.5 Å². The maximum atomic E-state index is 8.74. The summed E-state index contributed by atoms with van der Waals surface area (Å²) in [5.74, 6) is 0. The van der Waals surface area contributed by atoms with E-state index in [4.69, 9.17) is 27.3 Å². The van der Waals surface area contributed by atoms with Gasteiger partial charge in [0.1, 0.15) is 0 Å². The van der Waals surface area contributed by atoms with Gasteiger partial charge in [0.2, 0.25) is 6.29 Å². The molecule has 0 aliphatic carbocycles. The van der Waals surface area contributed by atoms with Crippen LogP contribution in [0.2, 0.25) is 0 Å². The van der Waals surface area contributed by atoms with Crippen LogP contribution in [0.4, 0.5) is 0 Å². The third-order valence-electron chi connectivity index (χ3n) is 3.11. The number of hydrogen-bond donors (Lipinski definition) is 2. The number of unbranched alkanes of at least 4 members (excludes halogenated alkanes) is 9. The van der Waals surface area contributed by atoms with Gasteiger partial charge in [-0.2, -0.15) is 18.2 Å². The van der Waals surface area contributed by atoms with E-state index in [2.05, 4.69) is 17.0 Å². The van der Waals surface area contributed by atoms with Crippen molar-refractivity contribution in [3.8, 4) is 0 Å². The standard InChI is InChI=1S/C13H26O4.Na.H2O4S.H/c1-2-3-4-5-6-7-8-9-10-11-12-13-14-16-17-15-13;;1-5(2,3)4;/h13H,2-12H2,1H3;;(H2,1,2,3,4);. The van der Waals surface area contributed by atoms with Crippen molar-refractivity contribution in [2.24, 2.45) is 0 Å². The first-order valence-electron chi connectivity index (χ1n) is 7.79. The zero-order chi connectivity index (χ0) is 16.7. The normalized spacial score (nSPS) is 14.9. The predicted octanol–water partition coefficient (Wildman–Crippen LogP) is 3.15. The van der Waals surface area contributed by atoms with Crippen molar-refractivity contribution >= 4 is 40.0 Å². The van der Waals surface area contributed by atoms with Crippen LogP contribution in [0, 0.1) is 0 Å². The molecule has 0 saturated carbocycles. The van der Waals surface area contributed by atoms with Gasteiger partial charge in [-0.3, -0.25) is 9.11 Å². The molecule has 0 aromatic rings. The average molecular weight is 368 g/mol. The van der Waals surface area contributed by atoms with E-state index in [0.717, 1.165) is 12.8 Å². The minimum absolute atomic E-state index is 0. The SMILES string of the molecule is CCCCCCCCCCCCC1OOOO1.O=S(=O)(O)O.[NaH]. The van der Waals surface area contributed by atoms with Crippen molar-refractivity contribution in [3.63, 3.8) is 0 Å². The molecular formula is C13H29NaO8S. The van der Waals surface area contributed by atoms with Crippen molar-refractivity contribution < 1.29 is 37.4 Å². The molecule has 0 aromatic heterocycles. The van der Waals surface area contributed by atoms with Crippen molar-refractivity contribution in [1.29, 1.82) is 0 Å². The molecule has 1 heterocycles. The molecule has 2 N–H and O–H groups in total. The molecule has 0 bridgehead atoms. The first-order chi connectivity index (χ1) is 10.4. The second-order valence-corrected chi connectivity index (χ2v) is 6.07. The maximum absolute atomic E-state index is 8.74. The molecule has 0 amide bonds. The molecule has 23 heavy (non-hydrogen) atoms. The summed E-state index contributed by atoms with van der Waals surface area (Å²) in [5, 5.41) is 8.35. The van der Waals surface area contributed by atoms with E-state index in [9.17, 15) is 0 Å². The molecule has 1 rings (SSSR count). The average Bonchev–Trinajstić information content (AvgIpc) is 2.92. The molecule has 1 aliphatic rings. The van der Waals surface area contributed by atoms with Gasteiger partial charge in [-0.15, -0.1) is 0 Å². The molecule has 0 aromatic carbocycles. The molecule has 1 saturated heterocycles. The van der Waals surface area contributed by atoms with E-state index in [1.165, 1.54) is 57.8 Å². The number of hydrogen-bond acceptors (Lipinski definition) is 6. The zero-order valence-corrected chi connectivity index (χ0v) is 13.9. The van der Waals surface area contributed by atoms with Crippen LogP contribution in [-0.4, -0.2) is 53.4 Å². The van der Waals surface area contributed by atoms with E-state index in [0.29, 0.717) is 0 Å². The van der Waals surface area contributed by atoms with E-state index in [1.54, 1.807) is 0 Å². The Balaban J connectivity index is 0. The van der Waals surface area contributed by atoms with Crippen LogP contribution in [-0.2, 0) is 30.3 Å². The van der Waals surface area contributed by atoms with Gasteiger partial charge in [0, 0.05) is 6.42 Å². The molecule has 0 radical (unpaired) electrons. The Hall–Kier alpha value is 0.710. The molecule has 10 heteroatoms. The summed E-state index contributed by atoms with van der Waals surface area (Å²) < 4.78 is 31.6. The second-order valence-electron chi connectivity index (χ2n) is 5.18. The molecule has 0 spiro atoms. The molecular weight excluding hydrogens is 339 g/mol. The first-order valence-corrected chi connectivity index (χ1v) is 9.18. The zero-order valence-electron chi connectivity index (χ0n) is 13.1. The Morgan fingerprint density at radius 3 is 1.52 bits per heavy atom. The molecule has 8 nitrogen and oxygen atoms in total. The van der Waals surface area contributed by atoms with Gasteiger partial charge >= 0.3 is 40.0 Å². The van der Waals surface area contributed by atoms with Crippen LogP contribution in [0.25, 0.3) is 0 Å². The van der Waals surface area contributed by atoms with E-state index in [1.807, 2.05) is 0 Å². The Bertz CT molecular complexity index is 325. The summed E-state index contributed by atoms with van der Waals surface area (Å²) in [6.45, 7) is 2.26. The van der Waals surface area contributed by atoms with Crippen LogP contribution >= 0.6 is 0 Å². The van der Waals surface area contributed by atoms with Crippen LogP contribution in [0.3, 0.4) is 0 Å². The quantitative estimate of drug-likeness (QED) is 0.248. The third kappa shape index (κ3) is 25.1. The Morgan fingerprint density at radius 1 is 0.783 bits per heavy atom. The molecule has 0 unspecified atom stereocenters. The van der Waals surface area contributed by atoms with E-state index < -0.39 is 10.4 Å². The Kier molecular flexibility index (Phi) is 19.8. The summed E-state index contributed by atoms with van der Waals surface area (Å²) in [5.41, 5.74) is 0. The topological polar surface area (TPSA) is 112 Å². The number of rotatable bonds is 11. The van der Waals surface area contributed by atoms with Gasteiger partial charge < -0.3 is 0 Å². The summed E-state index contributed by atoms with van der Waals surface area (Å²) in [6, 6.07) is 0.